The molecule has 1 aromatic heterocycles. The number of nitrogens with zero attached hydrogens (tertiary/aromatic N) is 4. The van der Waals surface area contributed by atoms with Gasteiger partial charge in [-0.25, -0.2) is 0 Å². The van der Waals surface area contributed by atoms with E-state index >= 15 is 0 Å². The van der Waals surface area contributed by atoms with E-state index in [0.29, 0.717) is 12.3 Å². The fraction of sp³-hybridized carbons (Fsp3) is 0.286. The molecule has 150 valence electrons. The molecule has 1 aliphatic rings. The minimum Gasteiger partial charge on any atom is -0.497 e. The van der Waals surface area contributed by atoms with Crippen molar-refractivity contribution in [3.63, 3.8) is 0 Å². The molecular weight excluding hydrogens is 386 g/mol. The van der Waals surface area contributed by atoms with E-state index in [1.807, 2.05) is 42.5 Å². The number of fused-ring (bicyclic) bond motifs is 1. The van der Waals surface area contributed by atoms with E-state index in [9.17, 15) is 4.79 Å². The predicted molar refractivity (Wildman–Crippen MR) is 114 cm³/mol. The molecule has 0 saturated carbocycles. The zero-order chi connectivity index (χ0) is 20.1. The molecule has 3 aromatic rings. The fourth-order valence-electron chi connectivity index (χ4n) is 3.26. The van der Waals surface area contributed by atoms with Gasteiger partial charge in [-0.1, -0.05) is 42.1 Å². The number of anilines is 2. The summed E-state index contributed by atoms with van der Waals surface area (Å²) in [7, 11) is 1.66. The Bertz CT molecular complexity index is 959. The average Bonchev–Trinajstić information content (AvgIpc) is 3.35. The van der Waals surface area contributed by atoms with Gasteiger partial charge in [0.25, 0.3) is 0 Å². The van der Waals surface area contributed by atoms with Crippen molar-refractivity contribution >= 4 is 29.3 Å². The maximum atomic E-state index is 12.2. The summed E-state index contributed by atoms with van der Waals surface area (Å²) in [6.07, 6.45) is 0.828. The Kier molecular flexibility index (Phi) is 6.00. The first-order valence-electron chi connectivity index (χ1n) is 9.53. The quantitative estimate of drug-likeness (QED) is 0.577. The molecule has 8 heteroatoms. The average molecular weight is 410 g/mol. The zero-order valence-electron chi connectivity index (χ0n) is 16.2. The number of aromatic nitrogens is 3. The second-order valence-electron chi connectivity index (χ2n) is 6.66. The van der Waals surface area contributed by atoms with Crippen LogP contribution in [0, 0.1) is 0 Å². The number of hydrogen-bond donors (Lipinski definition) is 1. The van der Waals surface area contributed by atoms with Crippen LogP contribution in [-0.2, 0) is 17.8 Å². The summed E-state index contributed by atoms with van der Waals surface area (Å²) < 4.78 is 7.28. The Morgan fingerprint density at radius 2 is 1.90 bits per heavy atom. The lowest BCUT2D eigenvalue weighted by Crippen LogP contribution is -2.27. The van der Waals surface area contributed by atoms with Crippen LogP contribution in [0.5, 0.6) is 5.75 Å². The molecule has 0 radical (unpaired) electrons. The summed E-state index contributed by atoms with van der Waals surface area (Å²) in [6.45, 7) is 2.26. The molecule has 2 aromatic carbocycles. The molecule has 1 amide bonds. The number of benzene rings is 2. The molecule has 29 heavy (non-hydrogen) atoms. The molecule has 0 spiro atoms. The third kappa shape index (κ3) is 4.54. The first-order chi connectivity index (χ1) is 14.2. The molecule has 2 heterocycles. The van der Waals surface area contributed by atoms with Crippen molar-refractivity contribution in [2.45, 2.75) is 18.1 Å². The standard InChI is InChI=1S/C21H23N5O2S/c1-28-18-9-7-17(8-10-18)25-13-14-26-20(25)23-24-21(26)29-15-19(27)22-12-11-16-5-3-2-4-6-16/h2-10H,11-15H2,1H3,(H,22,27). The van der Waals surface area contributed by atoms with E-state index in [4.69, 9.17) is 4.74 Å². The number of carbonyl (C=O) groups excluding carboxylic acids is 1. The van der Waals surface area contributed by atoms with Gasteiger partial charge in [0.15, 0.2) is 5.16 Å². The van der Waals surface area contributed by atoms with Crippen LogP contribution >= 0.6 is 11.8 Å². The highest BCUT2D eigenvalue weighted by Gasteiger charge is 2.26. The first kappa shape index (κ1) is 19.3. The molecule has 0 atom stereocenters. The van der Waals surface area contributed by atoms with Gasteiger partial charge in [0.1, 0.15) is 5.75 Å². The summed E-state index contributed by atoms with van der Waals surface area (Å²) >= 11 is 1.42. The van der Waals surface area contributed by atoms with Gasteiger partial charge in [0.05, 0.1) is 12.9 Å². The number of methoxy groups -OCH3 is 1. The Morgan fingerprint density at radius 1 is 1.10 bits per heavy atom. The van der Waals surface area contributed by atoms with Crippen LogP contribution in [0.3, 0.4) is 0 Å². The number of nitrogens with one attached hydrogen (secondary N) is 1. The molecule has 7 nitrogen and oxygen atoms in total. The van der Waals surface area contributed by atoms with Gasteiger partial charge in [-0.3, -0.25) is 9.36 Å². The monoisotopic (exact) mass is 409 g/mol. The summed E-state index contributed by atoms with van der Waals surface area (Å²) in [6, 6.07) is 18.0. The summed E-state index contributed by atoms with van der Waals surface area (Å²) in [4.78, 5) is 14.3. The fourth-order valence-corrected chi connectivity index (χ4v) is 4.05. The lowest BCUT2D eigenvalue weighted by atomic mass is 10.1. The summed E-state index contributed by atoms with van der Waals surface area (Å²) in [5.74, 6) is 1.97. The van der Waals surface area contributed by atoms with Gasteiger partial charge in [-0.2, -0.15) is 0 Å². The van der Waals surface area contributed by atoms with Crippen LogP contribution in [0.25, 0.3) is 0 Å². The normalized spacial score (nSPS) is 12.7. The van der Waals surface area contributed by atoms with Gasteiger partial charge in [0, 0.05) is 25.3 Å². The molecule has 0 aliphatic carbocycles. The molecule has 1 aliphatic heterocycles. The highest BCUT2D eigenvalue weighted by molar-refractivity contribution is 7.99. The van der Waals surface area contributed by atoms with E-state index in [-0.39, 0.29) is 5.91 Å². The van der Waals surface area contributed by atoms with Gasteiger partial charge < -0.3 is 15.0 Å². The smallest absolute Gasteiger partial charge is 0.232 e. The van der Waals surface area contributed by atoms with Crippen molar-refractivity contribution < 1.29 is 9.53 Å². The number of thioether (sulfide) groups is 1. The minimum absolute atomic E-state index is 0.00767. The van der Waals surface area contributed by atoms with Crippen molar-refractivity contribution in [1.29, 1.82) is 0 Å². The van der Waals surface area contributed by atoms with Crippen LogP contribution in [0.15, 0.2) is 59.8 Å². The van der Waals surface area contributed by atoms with E-state index in [0.717, 1.165) is 42.1 Å². The third-order valence-electron chi connectivity index (χ3n) is 4.78. The largest absolute Gasteiger partial charge is 0.497 e. The SMILES string of the molecule is COc1ccc(N2CCn3c(SCC(=O)NCCc4ccccc4)nnc32)cc1. The van der Waals surface area contributed by atoms with Crippen molar-refractivity contribution in [3.05, 3.63) is 60.2 Å². The van der Waals surface area contributed by atoms with E-state index in [1.165, 1.54) is 17.3 Å². The molecule has 0 fully saturated rings. The highest BCUT2D eigenvalue weighted by atomic mass is 32.2. The van der Waals surface area contributed by atoms with Crippen molar-refractivity contribution in [3.8, 4) is 5.75 Å². The first-order valence-corrected chi connectivity index (χ1v) is 10.5. The Labute approximate surface area is 174 Å². The van der Waals surface area contributed by atoms with Gasteiger partial charge >= 0.3 is 0 Å². The second kappa shape index (κ2) is 9.00. The maximum absolute atomic E-state index is 12.2. The van der Waals surface area contributed by atoms with Crippen molar-refractivity contribution in [2.24, 2.45) is 0 Å². The molecule has 1 N–H and O–H groups in total. The van der Waals surface area contributed by atoms with Crippen LogP contribution in [0.4, 0.5) is 11.6 Å². The number of carbonyl (C=O) groups is 1. The number of ether oxygens (including phenoxy) is 1. The van der Waals surface area contributed by atoms with Crippen LogP contribution in [0.2, 0.25) is 0 Å². The lowest BCUT2D eigenvalue weighted by molar-refractivity contribution is -0.118. The Hall–Kier alpha value is -3.00. The number of hydrogen-bond acceptors (Lipinski definition) is 6. The molecule has 0 bridgehead atoms. The van der Waals surface area contributed by atoms with Crippen LogP contribution in [0.1, 0.15) is 5.56 Å². The summed E-state index contributed by atoms with van der Waals surface area (Å²) in [5, 5.41) is 12.3. The highest BCUT2D eigenvalue weighted by Crippen LogP contribution is 2.32. The predicted octanol–water partition coefficient (Wildman–Crippen LogP) is 2.89. The molecule has 0 saturated heterocycles. The molecular formula is C21H23N5O2S. The van der Waals surface area contributed by atoms with Gasteiger partial charge in [-0.05, 0) is 36.2 Å². The van der Waals surface area contributed by atoms with Crippen molar-refractivity contribution in [2.75, 3.05) is 30.9 Å². The maximum Gasteiger partial charge on any atom is 0.232 e. The second-order valence-corrected chi connectivity index (χ2v) is 7.60. The van der Waals surface area contributed by atoms with Crippen LogP contribution in [-0.4, -0.2) is 46.6 Å². The molecule has 0 unspecified atom stereocenters. The van der Waals surface area contributed by atoms with Crippen LogP contribution < -0.4 is 15.0 Å². The number of rotatable bonds is 8. The topological polar surface area (TPSA) is 72.3 Å². The van der Waals surface area contributed by atoms with Gasteiger partial charge in [-0.15, -0.1) is 10.2 Å². The van der Waals surface area contributed by atoms with E-state index in [2.05, 4.69) is 37.1 Å². The third-order valence-corrected chi connectivity index (χ3v) is 5.75. The number of amides is 1. The lowest BCUT2D eigenvalue weighted by Gasteiger charge is -2.15. The van der Waals surface area contributed by atoms with E-state index < -0.39 is 0 Å². The van der Waals surface area contributed by atoms with Gasteiger partial charge in [0.2, 0.25) is 11.9 Å². The van der Waals surface area contributed by atoms with E-state index in [1.54, 1.807) is 7.11 Å². The minimum atomic E-state index is 0.00767. The molecule has 4 rings (SSSR count). The Balaban J connectivity index is 1.30. The Morgan fingerprint density at radius 3 is 2.66 bits per heavy atom. The zero-order valence-corrected chi connectivity index (χ0v) is 17.1. The summed E-state index contributed by atoms with van der Waals surface area (Å²) in [5.41, 5.74) is 2.27. The van der Waals surface area contributed by atoms with Crippen molar-refractivity contribution in [1.82, 2.24) is 20.1 Å².